The summed E-state index contributed by atoms with van der Waals surface area (Å²) in [6, 6.07) is 10.5. The Morgan fingerprint density at radius 2 is 2.15 bits per heavy atom. The van der Waals surface area contributed by atoms with Crippen molar-refractivity contribution in [2.24, 2.45) is 4.99 Å². The van der Waals surface area contributed by atoms with Crippen LogP contribution in [0, 0.1) is 6.92 Å². The summed E-state index contributed by atoms with van der Waals surface area (Å²) in [6.07, 6.45) is 1.74. The molecule has 1 aliphatic rings. The van der Waals surface area contributed by atoms with Crippen molar-refractivity contribution in [2.75, 3.05) is 6.54 Å². The van der Waals surface area contributed by atoms with Gasteiger partial charge in [-0.2, -0.15) is 0 Å². The van der Waals surface area contributed by atoms with E-state index in [1.54, 1.807) is 18.0 Å². The van der Waals surface area contributed by atoms with Gasteiger partial charge < -0.3 is 9.73 Å². The molecule has 0 amide bonds. The maximum Gasteiger partial charge on any atom is 0.216 e. The number of nitrogens with one attached hydrogen (secondary N) is 1. The summed E-state index contributed by atoms with van der Waals surface area (Å²) in [5.41, 5.74) is 1.32. The zero-order valence-electron chi connectivity index (χ0n) is 11.5. The molecule has 1 aromatic heterocycles. The highest BCUT2D eigenvalue weighted by atomic mass is 32.2. The first kappa shape index (κ1) is 13.2. The molecule has 0 aliphatic carbocycles. The van der Waals surface area contributed by atoms with E-state index in [0.717, 1.165) is 17.5 Å². The van der Waals surface area contributed by atoms with Gasteiger partial charge in [0.05, 0.1) is 18.0 Å². The van der Waals surface area contributed by atoms with E-state index >= 15 is 0 Å². The van der Waals surface area contributed by atoms with Crippen LogP contribution in [0.15, 0.2) is 45.9 Å². The molecule has 0 saturated heterocycles. The first-order valence-corrected chi connectivity index (χ1v) is 7.55. The number of aryl methyl sites for hydroxylation is 1. The average molecular weight is 287 g/mol. The van der Waals surface area contributed by atoms with Crippen LogP contribution in [0.25, 0.3) is 0 Å². The van der Waals surface area contributed by atoms with Gasteiger partial charge in [0, 0.05) is 0 Å². The molecule has 20 heavy (non-hydrogen) atoms. The molecule has 104 valence electrons. The van der Waals surface area contributed by atoms with Crippen molar-refractivity contribution in [2.45, 2.75) is 25.1 Å². The molecule has 4 nitrogen and oxygen atoms in total. The summed E-state index contributed by atoms with van der Waals surface area (Å²) in [5.74, 6) is 1.53. The SMILES string of the molecule is Cc1cnc(C(C)NC2=NCC(c3ccccc3)S2)o1. The van der Waals surface area contributed by atoms with Crippen molar-refractivity contribution in [3.05, 3.63) is 53.7 Å². The normalized spacial score (nSPS) is 19.7. The highest BCUT2D eigenvalue weighted by molar-refractivity contribution is 8.14. The van der Waals surface area contributed by atoms with Gasteiger partial charge in [0.25, 0.3) is 0 Å². The molecule has 3 rings (SSSR count). The van der Waals surface area contributed by atoms with E-state index in [2.05, 4.69) is 39.6 Å². The molecule has 1 aliphatic heterocycles. The number of hydrogen-bond acceptors (Lipinski definition) is 5. The Bertz CT molecular complexity index is 609. The molecule has 2 heterocycles. The predicted molar refractivity (Wildman–Crippen MR) is 81.9 cm³/mol. The maximum atomic E-state index is 5.53. The number of nitrogens with zero attached hydrogens (tertiary/aromatic N) is 2. The predicted octanol–water partition coefficient (Wildman–Crippen LogP) is 3.48. The molecule has 0 spiro atoms. The number of amidine groups is 1. The molecule has 1 aromatic carbocycles. The molecule has 2 aromatic rings. The lowest BCUT2D eigenvalue weighted by Gasteiger charge is -2.12. The van der Waals surface area contributed by atoms with Gasteiger partial charge in [-0.1, -0.05) is 42.1 Å². The number of rotatable bonds is 3. The van der Waals surface area contributed by atoms with E-state index in [1.165, 1.54) is 5.56 Å². The molecule has 2 unspecified atom stereocenters. The van der Waals surface area contributed by atoms with Crippen LogP contribution in [0.4, 0.5) is 0 Å². The quantitative estimate of drug-likeness (QED) is 0.939. The number of aliphatic imine (C=N–C) groups is 1. The van der Waals surface area contributed by atoms with Crippen molar-refractivity contribution in [1.29, 1.82) is 0 Å². The van der Waals surface area contributed by atoms with Crippen LogP contribution in [0.5, 0.6) is 0 Å². The Kier molecular flexibility index (Phi) is 3.78. The number of aromatic nitrogens is 1. The van der Waals surface area contributed by atoms with Gasteiger partial charge in [0.1, 0.15) is 11.8 Å². The molecule has 0 fully saturated rings. The number of hydrogen-bond donors (Lipinski definition) is 1. The third kappa shape index (κ3) is 2.88. The third-order valence-corrected chi connectivity index (χ3v) is 4.35. The van der Waals surface area contributed by atoms with E-state index in [-0.39, 0.29) is 6.04 Å². The van der Waals surface area contributed by atoms with Crippen LogP contribution in [-0.4, -0.2) is 16.7 Å². The van der Waals surface area contributed by atoms with E-state index in [4.69, 9.17) is 4.42 Å². The van der Waals surface area contributed by atoms with E-state index in [1.807, 2.05) is 19.9 Å². The second kappa shape index (κ2) is 5.71. The second-order valence-corrected chi connectivity index (χ2v) is 6.03. The zero-order valence-corrected chi connectivity index (χ0v) is 12.4. The molecule has 1 N–H and O–H groups in total. The van der Waals surface area contributed by atoms with Gasteiger partial charge in [0.2, 0.25) is 5.89 Å². The number of oxazole rings is 1. The van der Waals surface area contributed by atoms with Crippen LogP contribution in [0.2, 0.25) is 0 Å². The Morgan fingerprint density at radius 1 is 1.35 bits per heavy atom. The van der Waals surface area contributed by atoms with Gasteiger partial charge in [-0.05, 0) is 19.4 Å². The van der Waals surface area contributed by atoms with Crippen LogP contribution < -0.4 is 5.32 Å². The first-order valence-electron chi connectivity index (χ1n) is 6.67. The molecular weight excluding hydrogens is 270 g/mol. The Labute approximate surface area is 122 Å². The van der Waals surface area contributed by atoms with Gasteiger partial charge in [0.15, 0.2) is 5.17 Å². The molecule has 0 bridgehead atoms. The fourth-order valence-electron chi connectivity index (χ4n) is 2.12. The molecular formula is C15H17N3OS. The maximum absolute atomic E-state index is 5.53. The summed E-state index contributed by atoms with van der Waals surface area (Å²) in [4.78, 5) is 8.81. The largest absolute Gasteiger partial charge is 0.444 e. The number of thioether (sulfide) groups is 1. The lowest BCUT2D eigenvalue weighted by Crippen LogP contribution is -2.23. The van der Waals surface area contributed by atoms with Gasteiger partial charge >= 0.3 is 0 Å². The Morgan fingerprint density at radius 3 is 2.85 bits per heavy atom. The summed E-state index contributed by atoms with van der Waals surface area (Å²) in [6.45, 7) is 4.75. The highest BCUT2D eigenvalue weighted by Crippen LogP contribution is 2.34. The summed E-state index contributed by atoms with van der Waals surface area (Å²) in [5, 5.41) is 4.73. The minimum Gasteiger partial charge on any atom is -0.444 e. The van der Waals surface area contributed by atoms with Crippen molar-refractivity contribution in [1.82, 2.24) is 10.3 Å². The van der Waals surface area contributed by atoms with Crippen molar-refractivity contribution < 1.29 is 4.42 Å². The van der Waals surface area contributed by atoms with Gasteiger partial charge in [-0.25, -0.2) is 4.98 Å². The Hall–Kier alpha value is -1.75. The molecule has 5 heteroatoms. The summed E-state index contributed by atoms with van der Waals surface area (Å²) < 4.78 is 5.53. The number of benzene rings is 1. The third-order valence-electron chi connectivity index (χ3n) is 3.18. The average Bonchev–Trinajstić information content (AvgIpc) is 3.09. The summed E-state index contributed by atoms with van der Waals surface area (Å²) in [7, 11) is 0. The molecule has 2 atom stereocenters. The van der Waals surface area contributed by atoms with Gasteiger partial charge in [-0.3, -0.25) is 4.99 Å². The monoisotopic (exact) mass is 287 g/mol. The second-order valence-electron chi connectivity index (χ2n) is 4.84. The van der Waals surface area contributed by atoms with Crippen molar-refractivity contribution in [3.63, 3.8) is 0 Å². The van der Waals surface area contributed by atoms with Crippen molar-refractivity contribution in [3.8, 4) is 0 Å². The Balaban J connectivity index is 1.60. The topological polar surface area (TPSA) is 50.4 Å². The molecule has 0 saturated carbocycles. The zero-order chi connectivity index (χ0) is 13.9. The van der Waals surface area contributed by atoms with Gasteiger partial charge in [-0.15, -0.1) is 0 Å². The fourth-order valence-corrected chi connectivity index (χ4v) is 3.22. The minimum absolute atomic E-state index is 0.0319. The lowest BCUT2D eigenvalue weighted by molar-refractivity contribution is 0.430. The summed E-state index contributed by atoms with van der Waals surface area (Å²) >= 11 is 1.76. The van der Waals surface area contributed by atoms with E-state index in [0.29, 0.717) is 11.1 Å². The van der Waals surface area contributed by atoms with E-state index in [9.17, 15) is 0 Å². The standard InChI is InChI=1S/C15H17N3OS/c1-10-8-16-14(19-10)11(2)18-15-17-9-13(20-15)12-6-4-3-5-7-12/h3-8,11,13H,9H2,1-2H3,(H,17,18). The van der Waals surface area contributed by atoms with Crippen molar-refractivity contribution >= 4 is 16.9 Å². The smallest absolute Gasteiger partial charge is 0.216 e. The van der Waals surface area contributed by atoms with Crippen LogP contribution in [0.1, 0.15) is 35.4 Å². The molecule has 0 radical (unpaired) electrons. The van der Waals surface area contributed by atoms with E-state index < -0.39 is 0 Å². The highest BCUT2D eigenvalue weighted by Gasteiger charge is 2.23. The van der Waals surface area contributed by atoms with Crippen LogP contribution >= 0.6 is 11.8 Å². The van der Waals surface area contributed by atoms with Crippen LogP contribution in [-0.2, 0) is 0 Å². The first-order chi connectivity index (χ1) is 9.72. The lowest BCUT2D eigenvalue weighted by atomic mass is 10.1. The fraction of sp³-hybridized carbons (Fsp3) is 0.333. The van der Waals surface area contributed by atoms with Crippen LogP contribution in [0.3, 0.4) is 0 Å². The minimum atomic E-state index is 0.0319.